The maximum atomic E-state index is 10.2. The van der Waals surface area contributed by atoms with Crippen LogP contribution in [0.3, 0.4) is 0 Å². The largest absolute Gasteiger partial charge is 0.521 e. The van der Waals surface area contributed by atoms with Gasteiger partial charge in [-0.05, 0) is 18.6 Å². The summed E-state index contributed by atoms with van der Waals surface area (Å²) in [5.74, 6) is 0. The van der Waals surface area contributed by atoms with E-state index in [0.29, 0.717) is 0 Å². The third-order valence-corrected chi connectivity index (χ3v) is 5.15. The Labute approximate surface area is 97.6 Å². The van der Waals surface area contributed by atoms with E-state index in [-0.39, 0.29) is 5.67 Å². The highest BCUT2D eigenvalue weighted by Gasteiger charge is 2.43. The second-order valence-electron chi connectivity index (χ2n) is 3.51. The Balaban J connectivity index is 2.76. The molecule has 0 aliphatic rings. The summed E-state index contributed by atoms with van der Waals surface area (Å²) in [6, 6.07) is 9.72. The Kier molecular flexibility index (Phi) is 4.95. The Morgan fingerprint density at radius 3 is 2.25 bits per heavy atom. The molecule has 90 valence electrons. The fourth-order valence-corrected chi connectivity index (χ4v) is 3.16. The molecule has 0 saturated heterocycles. The molecule has 0 bridgehead atoms. The maximum Gasteiger partial charge on any atom is 0.521 e. The summed E-state index contributed by atoms with van der Waals surface area (Å²) < 4.78 is 10.2. The lowest BCUT2D eigenvalue weighted by Crippen LogP contribution is -2.55. The second-order valence-corrected chi connectivity index (χ2v) is 6.28. The average molecular weight is 241 g/mol. The average Bonchev–Trinajstić information content (AvgIpc) is 2.36. The van der Waals surface area contributed by atoms with E-state index in [1.807, 2.05) is 37.3 Å². The molecule has 5 heteroatoms. The van der Waals surface area contributed by atoms with E-state index in [1.165, 1.54) is 14.2 Å². The minimum Gasteiger partial charge on any atom is -0.389 e. The molecule has 1 unspecified atom stereocenters. The van der Waals surface area contributed by atoms with Crippen LogP contribution in [0.5, 0.6) is 0 Å². The molecule has 1 atom stereocenters. The predicted molar refractivity (Wildman–Crippen MR) is 66.1 cm³/mol. The quantitative estimate of drug-likeness (QED) is 0.743. The fourth-order valence-electron chi connectivity index (χ4n) is 1.55. The van der Waals surface area contributed by atoms with E-state index in [1.54, 1.807) is 0 Å². The van der Waals surface area contributed by atoms with Gasteiger partial charge in [0.1, 0.15) is 0 Å². The standard InChI is InChI=1S/C11H19NO3Si/c1-4-11(16(13,14-2)15-3)12-10-8-6-5-7-9-10/h5-9,11-13H,4H2,1-3H3. The first-order valence-electron chi connectivity index (χ1n) is 5.30. The van der Waals surface area contributed by atoms with Gasteiger partial charge in [-0.25, -0.2) is 0 Å². The van der Waals surface area contributed by atoms with Gasteiger partial charge in [0.05, 0.1) is 5.67 Å². The molecule has 0 saturated carbocycles. The maximum absolute atomic E-state index is 10.2. The Morgan fingerprint density at radius 1 is 1.25 bits per heavy atom. The van der Waals surface area contributed by atoms with Gasteiger partial charge in [-0.1, -0.05) is 25.1 Å². The predicted octanol–water partition coefficient (Wildman–Crippen LogP) is 1.64. The van der Waals surface area contributed by atoms with Crippen LogP contribution in [-0.4, -0.2) is 33.5 Å². The molecule has 0 heterocycles. The normalized spacial score (nSPS) is 13.5. The number of hydrogen-bond donors (Lipinski definition) is 2. The molecule has 0 amide bonds. The van der Waals surface area contributed by atoms with Crippen LogP contribution in [-0.2, 0) is 8.85 Å². The van der Waals surface area contributed by atoms with Gasteiger partial charge < -0.3 is 19.0 Å². The van der Waals surface area contributed by atoms with Crippen LogP contribution < -0.4 is 5.32 Å². The first-order valence-corrected chi connectivity index (χ1v) is 7.14. The third-order valence-electron chi connectivity index (χ3n) is 2.55. The minimum atomic E-state index is -3.12. The molecular formula is C11H19NO3Si. The van der Waals surface area contributed by atoms with Crippen molar-refractivity contribution in [3.8, 4) is 0 Å². The highest BCUT2D eigenvalue weighted by atomic mass is 28.4. The molecule has 0 aliphatic carbocycles. The van der Waals surface area contributed by atoms with Crippen molar-refractivity contribution in [2.75, 3.05) is 19.5 Å². The molecule has 0 fully saturated rings. The van der Waals surface area contributed by atoms with Gasteiger partial charge in [0.15, 0.2) is 0 Å². The lowest BCUT2D eigenvalue weighted by Gasteiger charge is -2.29. The van der Waals surface area contributed by atoms with Crippen molar-refractivity contribution in [1.82, 2.24) is 0 Å². The number of rotatable bonds is 6. The number of benzene rings is 1. The van der Waals surface area contributed by atoms with E-state index in [0.717, 1.165) is 12.1 Å². The monoisotopic (exact) mass is 241 g/mol. The Morgan fingerprint density at radius 2 is 1.81 bits per heavy atom. The Bertz CT molecular complexity index is 303. The summed E-state index contributed by atoms with van der Waals surface area (Å²) in [7, 11) is -0.166. The lowest BCUT2D eigenvalue weighted by atomic mass is 10.3. The molecule has 4 nitrogen and oxygen atoms in total. The van der Waals surface area contributed by atoms with Crippen LogP contribution in [0, 0.1) is 0 Å². The van der Waals surface area contributed by atoms with Crippen molar-refractivity contribution in [3.63, 3.8) is 0 Å². The van der Waals surface area contributed by atoms with Gasteiger partial charge in [0.25, 0.3) is 0 Å². The van der Waals surface area contributed by atoms with E-state index in [9.17, 15) is 4.80 Å². The third kappa shape index (κ3) is 3.05. The number of hydrogen-bond acceptors (Lipinski definition) is 4. The molecule has 0 aliphatic heterocycles. The summed E-state index contributed by atoms with van der Waals surface area (Å²) in [6.45, 7) is 1.98. The summed E-state index contributed by atoms with van der Waals surface area (Å²) in [6.07, 6.45) is 0.735. The molecule has 16 heavy (non-hydrogen) atoms. The number of para-hydroxylation sites is 1. The van der Waals surface area contributed by atoms with Crippen LogP contribution in [0.1, 0.15) is 13.3 Å². The van der Waals surface area contributed by atoms with Gasteiger partial charge in [-0.2, -0.15) is 0 Å². The van der Waals surface area contributed by atoms with E-state index >= 15 is 0 Å². The van der Waals surface area contributed by atoms with Gasteiger partial charge >= 0.3 is 8.80 Å². The fraction of sp³-hybridized carbons (Fsp3) is 0.455. The van der Waals surface area contributed by atoms with Crippen LogP contribution in [0.25, 0.3) is 0 Å². The van der Waals surface area contributed by atoms with Crippen molar-refractivity contribution in [3.05, 3.63) is 30.3 Å². The Hall–Kier alpha value is -0.883. The van der Waals surface area contributed by atoms with Crippen molar-refractivity contribution in [2.24, 2.45) is 0 Å². The highest BCUT2D eigenvalue weighted by molar-refractivity contribution is 6.61. The van der Waals surface area contributed by atoms with E-state index in [4.69, 9.17) is 8.85 Å². The van der Waals surface area contributed by atoms with Crippen LogP contribution in [0.4, 0.5) is 5.69 Å². The van der Waals surface area contributed by atoms with E-state index < -0.39 is 8.80 Å². The zero-order chi connectivity index (χ0) is 12.0. The van der Waals surface area contributed by atoms with Crippen LogP contribution in [0.2, 0.25) is 0 Å². The number of anilines is 1. The topological polar surface area (TPSA) is 50.7 Å². The van der Waals surface area contributed by atoms with Crippen molar-refractivity contribution >= 4 is 14.5 Å². The van der Waals surface area contributed by atoms with Gasteiger partial charge in [-0.15, -0.1) is 0 Å². The summed E-state index contributed by atoms with van der Waals surface area (Å²) in [5, 5.41) is 3.23. The number of nitrogens with one attached hydrogen (secondary N) is 1. The highest BCUT2D eigenvalue weighted by Crippen LogP contribution is 2.16. The van der Waals surface area contributed by atoms with Gasteiger partial charge in [0.2, 0.25) is 0 Å². The van der Waals surface area contributed by atoms with Crippen molar-refractivity contribution in [2.45, 2.75) is 19.0 Å². The summed E-state index contributed by atoms with van der Waals surface area (Å²) >= 11 is 0. The SMILES string of the molecule is CCC(Nc1ccccc1)[Si](O)(OC)OC. The van der Waals surface area contributed by atoms with Gasteiger partial charge in [-0.3, -0.25) is 0 Å². The zero-order valence-corrected chi connectivity index (χ0v) is 10.9. The molecule has 1 aromatic rings. The molecule has 0 spiro atoms. The lowest BCUT2D eigenvalue weighted by molar-refractivity contribution is 0.141. The summed E-state index contributed by atoms with van der Waals surface area (Å²) in [5.41, 5.74) is 0.763. The molecule has 1 aromatic carbocycles. The molecular weight excluding hydrogens is 222 g/mol. The van der Waals surface area contributed by atoms with Crippen LogP contribution in [0.15, 0.2) is 30.3 Å². The van der Waals surface area contributed by atoms with Gasteiger partial charge in [0, 0.05) is 19.9 Å². The van der Waals surface area contributed by atoms with Crippen molar-refractivity contribution in [1.29, 1.82) is 0 Å². The zero-order valence-electron chi connectivity index (χ0n) is 9.93. The van der Waals surface area contributed by atoms with Crippen LogP contribution >= 0.6 is 0 Å². The molecule has 0 aromatic heterocycles. The molecule has 1 rings (SSSR count). The molecule has 0 radical (unpaired) electrons. The first kappa shape index (κ1) is 13.2. The van der Waals surface area contributed by atoms with E-state index in [2.05, 4.69) is 5.32 Å². The first-order chi connectivity index (χ1) is 7.66. The second kappa shape index (κ2) is 6.00. The minimum absolute atomic E-state index is 0.190. The van der Waals surface area contributed by atoms with Crippen molar-refractivity contribution < 1.29 is 13.6 Å². The smallest absolute Gasteiger partial charge is 0.389 e. The summed E-state index contributed by atoms with van der Waals surface area (Å²) in [4.78, 5) is 10.2. The molecule has 2 N–H and O–H groups in total.